The highest BCUT2D eigenvalue weighted by molar-refractivity contribution is 6.10. The van der Waals surface area contributed by atoms with E-state index in [-0.39, 0.29) is 0 Å². The SMILES string of the molecule is C1=Cc2cc3c(-c4ccccc4)c(-c4ccccc4)c(c(-c4ccccc4)c4nc(cc5ccc(cc1n2)[nH]5)C=C4)n3-c1ccccc1.OC(F)(F)F. The fraction of sp³-hybridized carbons (Fsp3) is 0.0222. The summed E-state index contributed by atoms with van der Waals surface area (Å²) in [5.74, 6) is 0. The minimum absolute atomic E-state index is 0.889. The Morgan fingerprint density at radius 2 is 0.925 bits per heavy atom. The first-order valence-electron chi connectivity index (χ1n) is 17.0. The highest BCUT2D eigenvalue weighted by Gasteiger charge is 2.25. The van der Waals surface area contributed by atoms with E-state index in [1.54, 1.807) is 0 Å². The van der Waals surface area contributed by atoms with Gasteiger partial charge in [0.1, 0.15) is 0 Å². The topological polar surface area (TPSA) is 66.7 Å². The number of aromatic nitrogens is 4. The van der Waals surface area contributed by atoms with Crippen molar-refractivity contribution in [1.82, 2.24) is 19.5 Å². The summed E-state index contributed by atoms with van der Waals surface area (Å²) in [4.78, 5) is 13.9. The predicted octanol–water partition coefficient (Wildman–Crippen LogP) is 11.6. The summed E-state index contributed by atoms with van der Waals surface area (Å²) in [6, 6.07) is 53.3. The molecule has 0 fully saturated rings. The molecular formula is C45H31F3N4O. The van der Waals surface area contributed by atoms with E-state index in [0.29, 0.717) is 0 Å². The van der Waals surface area contributed by atoms with Crippen LogP contribution in [0.1, 0.15) is 22.8 Å². The highest BCUT2D eigenvalue weighted by Crippen LogP contribution is 2.47. The van der Waals surface area contributed by atoms with Crippen molar-refractivity contribution in [2.24, 2.45) is 0 Å². The zero-order valence-corrected chi connectivity index (χ0v) is 28.2. The number of hydrogen-bond donors (Lipinski definition) is 2. The third-order valence-corrected chi connectivity index (χ3v) is 8.87. The van der Waals surface area contributed by atoms with Gasteiger partial charge in [0.15, 0.2) is 0 Å². The van der Waals surface area contributed by atoms with E-state index in [9.17, 15) is 13.2 Å². The second kappa shape index (κ2) is 14.1. The lowest BCUT2D eigenvalue weighted by molar-refractivity contribution is -0.295. The van der Waals surface area contributed by atoms with E-state index in [0.717, 1.165) is 83.9 Å². The van der Waals surface area contributed by atoms with Crippen molar-refractivity contribution in [3.05, 3.63) is 174 Å². The lowest BCUT2D eigenvalue weighted by atomic mass is 9.93. The van der Waals surface area contributed by atoms with Crippen molar-refractivity contribution in [3.8, 4) is 39.1 Å². The van der Waals surface area contributed by atoms with Gasteiger partial charge < -0.3 is 14.7 Å². The molecule has 0 radical (unpaired) electrons. The summed E-state index contributed by atoms with van der Waals surface area (Å²) in [6.07, 6.45) is 3.44. The van der Waals surface area contributed by atoms with Gasteiger partial charge in [-0.25, -0.2) is 9.97 Å². The molecule has 0 amide bonds. The molecule has 0 aliphatic carbocycles. The maximum Gasteiger partial charge on any atom is 0.519 e. The Morgan fingerprint density at radius 3 is 1.47 bits per heavy atom. The number of alkyl halides is 3. The number of H-pyrrole nitrogens is 1. The number of rotatable bonds is 4. The van der Waals surface area contributed by atoms with Crippen molar-refractivity contribution < 1.29 is 18.3 Å². The van der Waals surface area contributed by atoms with Crippen LogP contribution >= 0.6 is 0 Å². The summed E-state index contributed by atoms with van der Waals surface area (Å²) < 4.78 is 32.1. The second-order valence-corrected chi connectivity index (χ2v) is 12.4. The maximum absolute atomic E-state index is 9.91. The van der Waals surface area contributed by atoms with E-state index < -0.39 is 6.36 Å². The standard InChI is InChI=1S/C44H30N4.CHF3O/c1-5-13-30(14-6-1)41-39-26-25-36(47-39)28-35-22-21-33(45-35)27-34-23-24-37(46-34)29-40-42(31-15-7-2-8-16-31)43(32-17-9-3-10-18-32)44(41)48(40)38-19-11-4-12-20-38;2-1(3,4)5/h1-29,45H;5H. The average molecular weight is 701 g/mol. The number of benzene rings is 4. The van der Waals surface area contributed by atoms with Gasteiger partial charge in [0, 0.05) is 33.4 Å². The van der Waals surface area contributed by atoms with Crippen LogP contribution in [0.15, 0.2) is 152 Å². The van der Waals surface area contributed by atoms with Gasteiger partial charge in [0.25, 0.3) is 0 Å². The molecular weight excluding hydrogens is 670 g/mol. The molecule has 0 saturated heterocycles. The lowest BCUT2D eigenvalue weighted by Crippen LogP contribution is -2.01. The summed E-state index contributed by atoms with van der Waals surface area (Å²) in [7, 11) is 0. The normalized spacial score (nSPS) is 12.0. The van der Waals surface area contributed by atoms with Gasteiger partial charge >= 0.3 is 6.36 Å². The molecule has 4 aromatic carbocycles. The molecule has 5 nitrogen and oxygen atoms in total. The van der Waals surface area contributed by atoms with E-state index >= 15 is 0 Å². The zero-order valence-electron chi connectivity index (χ0n) is 28.2. The predicted molar refractivity (Wildman–Crippen MR) is 208 cm³/mol. The molecule has 0 spiro atoms. The molecule has 9 rings (SSSR count). The van der Waals surface area contributed by atoms with E-state index in [1.807, 2.05) is 0 Å². The van der Waals surface area contributed by atoms with Crippen LogP contribution in [0.2, 0.25) is 0 Å². The molecule has 258 valence electrons. The molecule has 53 heavy (non-hydrogen) atoms. The molecule has 2 aliphatic heterocycles. The quantitative estimate of drug-likeness (QED) is 0.192. The van der Waals surface area contributed by atoms with Gasteiger partial charge in [-0.2, -0.15) is 0 Å². The van der Waals surface area contributed by atoms with Gasteiger partial charge in [-0.05, 0) is 83.5 Å². The van der Waals surface area contributed by atoms with Gasteiger partial charge in [-0.15, -0.1) is 13.2 Å². The van der Waals surface area contributed by atoms with Gasteiger partial charge in [0.2, 0.25) is 0 Å². The largest absolute Gasteiger partial charge is 0.519 e. The highest BCUT2D eigenvalue weighted by atomic mass is 19.4. The van der Waals surface area contributed by atoms with Gasteiger partial charge in [0.05, 0.1) is 33.8 Å². The van der Waals surface area contributed by atoms with Crippen LogP contribution in [0.3, 0.4) is 0 Å². The third-order valence-electron chi connectivity index (χ3n) is 8.87. The van der Waals surface area contributed by atoms with Crippen LogP contribution in [0.4, 0.5) is 13.2 Å². The van der Waals surface area contributed by atoms with Crippen LogP contribution < -0.4 is 0 Å². The monoisotopic (exact) mass is 700 g/mol. The van der Waals surface area contributed by atoms with Crippen LogP contribution in [0.5, 0.6) is 0 Å². The van der Waals surface area contributed by atoms with Crippen LogP contribution in [0.25, 0.3) is 85.4 Å². The fourth-order valence-electron chi connectivity index (χ4n) is 6.81. The molecule has 0 atom stereocenters. The molecule has 2 N–H and O–H groups in total. The van der Waals surface area contributed by atoms with Crippen molar-refractivity contribution >= 4 is 46.4 Å². The Hall–Kier alpha value is -6.77. The Morgan fingerprint density at radius 1 is 0.491 bits per heavy atom. The first-order chi connectivity index (χ1) is 25.8. The van der Waals surface area contributed by atoms with Crippen molar-refractivity contribution in [2.45, 2.75) is 6.36 Å². The molecule has 0 saturated carbocycles. The van der Waals surface area contributed by atoms with Crippen molar-refractivity contribution in [2.75, 3.05) is 0 Å². The number of nitrogens with one attached hydrogen (secondary N) is 1. The summed E-state index contributed by atoms with van der Waals surface area (Å²) in [6.45, 7) is 0. The molecule has 5 heterocycles. The molecule has 2 aliphatic rings. The van der Waals surface area contributed by atoms with E-state index in [2.05, 4.69) is 186 Å². The summed E-state index contributed by atoms with van der Waals surface area (Å²) in [5.41, 5.74) is 15.4. The van der Waals surface area contributed by atoms with Crippen LogP contribution in [0, 0.1) is 0 Å². The number of aliphatic hydroxyl groups is 1. The minimum Gasteiger partial charge on any atom is -0.355 e. The summed E-state index contributed by atoms with van der Waals surface area (Å²) >= 11 is 0. The Balaban J connectivity index is 0.000000752. The molecule has 8 heteroatoms. The molecule has 7 aromatic rings. The first kappa shape index (κ1) is 33.4. The zero-order chi connectivity index (χ0) is 36.4. The van der Waals surface area contributed by atoms with E-state index in [4.69, 9.17) is 15.1 Å². The number of fused-ring (bicyclic) bond motifs is 8. The number of aromatic amines is 1. The van der Waals surface area contributed by atoms with Gasteiger partial charge in [-0.1, -0.05) is 109 Å². The molecule has 0 unspecified atom stereocenters. The molecule has 3 aromatic heterocycles. The number of para-hydroxylation sites is 1. The second-order valence-electron chi connectivity index (χ2n) is 12.4. The van der Waals surface area contributed by atoms with Gasteiger partial charge in [-0.3, -0.25) is 0 Å². The fourth-order valence-corrected chi connectivity index (χ4v) is 6.81. The number of nitrogens with zero attached hydrogens (tertiary/aromatic N) is 3. The maximum atomic E-state index is 9.91. The Bertz CT molecular complexity index is 2640. The van der Waals surface area contributed by atoms with Crippen LogP contribution in [-0.2, 0) is 0 Å². The van der Waals surface area contributed by atoms with Crippen molar-refractivity contribution in [3.63, 3.8) is 0 Å². The number of hydrogen-bond acceptors (Lipinski definition) is 3. The summed E-state index contributed by atoms with van der Waals surface area (Å²) in [5, 5.41) is 6.52. The van der Waals surface area contributed by atoms with Crippen molar-refractivity contribution in [1.29, 1.82) is 0 Å². The smallest absolute Gasteiger partial charge is 0.355 e. The van der Waals surface area contributed by atoms with Crippen LogP contribution in [-0.4, -0.2) is 31.0 Å². The average Bonchev–Trinajstić information content (AvgIpc) is 3.97. The Labute approximate surface area is 303 Å². The Kier molecular flexibility index (Phi) is 8.88. The third kappa shape index (κ3) is 7.22. The minimum atomic E-state index is -5.00. The number of halogens is 3. The molecule has 8 bridgehead atoms. The lowest BCUT2D eigenvalue weighted by Gasteiger charge is -2.13. The first-order valence-corrected chi connectivity index (χ1v) is 17.0. The van der Waals surface area contributed by atoms with E-state index in [1.165, 1.54) is 0 Å².